The molecule has 4 heterocycles. The van der Waals surface area contributed by atoms with E-state index in [4.69, 9.17) is 4.74 Å². The van der Waals surface area contributed by atoms with Gasteiger partial charge in [-0.25, -0.2) is 9.07 Å². The van der Waals surface area contributed by atoms with E-state index in [0.29, 0.717) is 53.6 Å². The maximum absolute atomic E-state index is 14.9. The summed E-state index contributed by atoms with van der Waals surface area (Å²) in [5.41, 5.74) is 2.77. The number of hydrogen-bond donors (Lipinski definition) is 2. The molecule has 3 fully saturated rings. The number of hydrogen-bond acceptors (Lipinski definition) is 8. The number of halogens is 2. The van der Waals surface area contributed by atoms with Crippen LogP contribution in [0.2, 0.25) is 0 Å². The zero-order chi connectivity index (χ0) is 33.2. The van der Waals surface area contributed by atoms with Crippen LogP contribution in [-0.4, -0.2) is 82.7 Å². The quantitative estimate of drug-likeness (QED) is 0.356. The fourth-order valence-corrected chi connectivity index (χ4v) is 7.25. The Hall–Kier alpha value is -4.10. The number of piperidine rings is 3. The minimum absolute atomic E-state index is 0.0434. The van der Waals surface area contributed by atoms with Gasteiger partial charge in [-0.3, -0.25) is 24.5 Å². The number of amides is 3. The minimum Gasteiger partial charge on any atom is -0.487 e. The molecule has 0 spiro atoms. The van der Waals surface area contributed by atoms with Crippen molar-refractivity contribution >= 4 is 39.3 Å². The third kappa shape index (κ3) is 7.41. The Morgan fingerprint density at radius 2 is 1.74 bits per heavy atom. The third-order valence-electron chi connectivity index (χ3n) is 9.32. The lowest BCUT2D eigenvalue weighted by Gasteiger charge is -2.37. The smallest absolute Gasteiger partial charge is 0.282 e. The average Bonchev–Trinajstić information content (AvgIpc) is 3.06. The highest BCUT2D eigenvalue weighted by molar-refractivity contribution is 9.10. The molecule has 0 radical (unpaired) electrons. The molecule has 3 aromatic rings. The zero-order valence-electron chi connectivity index (χ0n) is 26.4. The molecule has 3 saturated heterocycles. The molecule has 6 rings (SSSR count). The molecular formula is C34H38BrFN6O5. The topological polar surface area (TPSA) is 126 Å². The molecule has 47 heavy (non-hydrogen) atoms. The molecule has 3 unspecified atom stereocenters. The molecule has 3 aliphatic heterocycles. The molecule has 248 valence electrons. The predicted octanol–water partition coefficient (Wildman–Crippen LogP) is 3.79. The van der Waals surface area contributed by atoms with Crippen molar-refractivity contribution in [1.82, 2.24) is 24.9 Å². The van der Waals surface area contributed by atoms with Gasteiger partial charge in [0, 0.05) is 64.1 Å². The van der Waals surface area contributed by atoms with Gasteiger partial charge < -0.3 is 19.9 Å². The van der Waals surface area contributed by atoms with Crippen molar-refractivity contribution in [2.75, 3.05) is 38.5 Å². The van der Waals surface area contributed by atoms with Crippen molar-refractivity contribution in [3.63, 3.8) is 0 Å². The molecule has 2 N–H and O–H groups in total. The van der Waals surface area contributed by atoms with Gasteiger partial charge in [-0.05, 0) is 77.1 Å². The lowest BCUT2D eigenvalue weighted by Crippen LogP contribution is -2.43. The summed E-state index contributed by atoms with van der Waals surface area (Å²) in [6.07, 6.45) is 4.01. The van der Waals surface area contributed by atoms with Gasteiger partial charge in [-0.15, -0.1) is 0 Å². The summed E-state index contributed by atoms with van der Waals surface area (Å²) < 4.78 is 22.6. The van der Waals surface area contributed by atoms with Crippen LogP contribution in [0, 0.1) is 5.82 Å². The van der Waals surface area contributed by atoms with Crippen molar-refractivity contribution < 1.29 is 23.5 Å². The van der Waals surface area contributed by atoms with Crippen molar-refractivity contribution in [2.45, 2.75) is 56.1 Å². The third-order valence-corrected chi connectivity index (χ3v) is 10.1. The standard InChI is InChI=1S/C34H38BrFN6O5/c1-40-18-23(15-24(19-40)38-28-17-37-41(2)34(46)31(28)35)20-3-5-21(6-4-20)33(45)42-13-11-25(12-14-42)47-29-9-7-22(16-27(29)36)26-8-10-30(43)39-32(26)44/h3-7,9,16-17,23-26,38H,8,10-15,18-19H2,1-2H3,(H,39,43,44). The number of nitrogens with one attached hydrogen (secondary N) is 2. The van der Waals surface area contributed by atoms with Crippen LogP contribution in [0.3, 0.4) is 0 Å². The average molecular weight is 710 g/mol. The number of benzene rings is 2. The first-order valence-corrected chi connectivity index (χ1v) is 16.7. The number of carbonyl (C=O) groups is 3. The Balaban J connectivity index is 1.02. The van der Waals surface area contributed by atoms with Crippen LogP contribution in [0.1, 0.15) is 65.4 Å². The Labute approximate surface area is 280 Å². The molecule has 3 aliphatic rings. The minimum atomic E-state index is -0.560. The maximum atomic E-state index is 14.9. The van der Waals surface area contributed by atoms with Crippen molar-refractivity contribution in [1.29, 1.82) is 0 Å². The number of likely N-dealkylation sites (tertiary alicyclic amines) is 2. The summed E-state index contributed by atoms with van der Waals surface area (Å²) in [5.74, 6) is -1.50. The second kappa shape index (κ2) is 13.9. The second-order valence-electron chi connectivity index (χ2n) is 12.7. The van der Waals surface area contributed by atoms with Gasteiger partial charge in [0.05, 0.1) is 17.8 Å². The van der Waals surface area contributed by atoms with E-state index in [9.17, 15) is 23.6 Å². The number of imide groups is 1. The Kier molecular flexibility index (Phi) is 9.74. The molecule has 2 aromatic carbocycles. The van der Waals surface area contributed by atoms with E-state index in [1.165, 1.54) is 16.8 Å². The number of aryl methyl sites for hydroxylation is 1. The number of likely N-dealkylation sites (N-methyl/N-ethyl adjacent to an activating group) is 1. The molecule has 0 bridgehead atoms. The van der Waals surface area contributed by atoms with E-state index in [-0.39, 0.29) is 47.6 Å². The molecule has 3 atom stereocenters. The van der Waals surface area contributed by atoms with E-state index >= 15 is 0 Å². The van der Waals surface area contributed by atoms with Gasteiger partial charge in [0.2, 0.25) is 11.8 Å². The normalized spacial score (nSPS) is 22.6. The number of nitrogens with zero attached hydrogens (tertiary/aromatic N) is 4. The maximum Gasteiger partial charge on any atom is 0.282 e. The highest BCUT2D eigenvalue weighted by Gasteiger charge is 2.31. The highest BCUT2D eigenvalue weighted by Crippen LogP contribution is 2.31. The molecule has 0 aliphatic carbocycles. The summed E-state index contributed by atoms with van der Waals surface area (Å²) in [5, 5.41) is 9.92. The van der Waals surface area contributed by atoms with Gasteiger partial charge in [0.25, 0.3) is 11.5 Å². The van der Waals surface area contributed by atoms with Crippen LogP contribution in [-0.2, 0) is 16.6 Å². The fraction of sp³-hybridized carbons (Fsp3) is 0.441. The van der Waals surface area contributed by atoms with E-state index in [0.717, 1.165) is 25.1 Å². The Morgan fingerprint density at radius 1 is 1.02 bits per heavy atom. The summed E-state index contributed by atoms with van der Waals surface area (Å²) in [6.45, 7) is 2.70. The first-order valence-electron chi connectivity index (χ1n) is 15.9. The highest BCUT2D eigenvalue weighted by atomic mass is 79.9. The molecule has 13 heteroatoms. The van der Waals surface area contributed by atoms with E-state index in [1.807, 2.05) is 29.2 Å². The number of anilines is 1. The van der Waals surface area contributed by atoms with Gasteiger partial charge in [-0.1, -0.05) is 18.2 Å². The monoisotopic (exact) mass is 708 g/mol. The van der Waals surface area contributed by atoms with Crippen LogP contribution >= 0.6 is 15.9 Å². The summed E-state index contributed by atoms with van der Waals surface area (Å²) in [7, 11) is 3.69. The lowest BCUT2D eigenvalue weighted by molar-refractivity contribution is -0.134. The van der Waals surface area contributed by atoms with E-state index in [2.05, 4.69) is 43.6 Å². The van der Waals surface area contributed by atoms with Crippen molar-refractivity contribution in [3.8, 4) is 5.75 Å². The molecular weight excluding hydrogens is 671 g/mol. The van der Waals surface area contributed by atoms with Gasteiger partial charge in [0.1, 0.15) is 10.6 Å². The second-order valence-corrected chi connectivity index (χ2v) is 13.5. The van der Waals surface area contributed by atoms with Crippen molar-refractivity contribution in [3.05, 3.63) is 86.0 Å². The fourth-order valence-electron chi connectivity index (χ4n) is 6.77. The lowest BCUT2D eigenvalue weighted by atomic mass is 9.87. The summed E-state index contributed by atoms with van der Waals surface area (Å²) >= 11 is 3.40. The van der Waals surface area contributed by atoms with Gasteiger partial charge >= 0.3 is 0 Å². The van der Waals surface area contributed by atoms with Gasteiger partial charge in [0.15, 0.2) is 11.6 Å². The molecule has 1 aromatic heterocycles. The number of aromatic nitrogens is 2. The van der Waals surface area contributed by atoms with Gasteiger partial charge in [-0.2, -0.15) is 5.10 Å². The SMILES string of the molecule is CN1CC(Nc2cnn(C)c(=O)c2Br)CC(c2ccc(C(=O)N3CCC(Oc4ccc(C5CCC(=O)NC5=O)cc4F)CC3)cc2)C1. The largest absolute Gasteiger partial charge is 0.487 e. The number of ether oxygens (including phenoxy) is 1. The Bertz CT molecular complexity index is 1720. The summed E-state index contributed by atoms with van der Waals surface area (Å²) in [6, 6.07) is 12.5. The van der Waals surface area contributed by atoms with Crippen molar-refractivity contribution in [2.24, 2.45) is 7.05 Å². The van der Waals surface area contributed by atoms with Crippen LogP contribution < -0.4 is 20.9 Å². The molecule has 11 nitrogen and oxygen atoms in total. The number of rotatable bonds is 7. The van der Waals surface area contributed by atoms with Crippen LogP contribution in [0.5, 0.6) is 5.75 Å². The molecule has 0 saturated carbocycles. The van der Waals surface area contributed by atoms with E-state index < -0.39 is 17.6 Å². The zero-order valence-corrected chi connectivity index (χ0v) is 28.0. The van der Waals surface area contributed by atoms with Crippen LogP contribution in [0.4, 0.5) is 10.1 Å². The van der Waals surface area contributed by atoms with E-state index in [1.54, 1.807) is 19.3 Å². The number of carbonyl (C=O) groups excluding carboxylic acids is 3. The summed E-state index contributed by atoms with van der Waals surface area (Å²) in [4.78, 5) is 53.3. The first kappa shape index (κ1) is 32.8. The molecule has 3 amide bonds. The van der Waals surface area contributed by atoms with Crippen LogP contribution in [0.25, 0.3) is 0 Å². The Morgan fingerprint density at radius 3 is 2.45 bits per heavy atom. The van der Waals surface area contributed by atoms with Crippen LogP contribution in [0.15, 0.2) is 57.9 Å². The first-order chi connectivity index (χ1) is 22.5. The predicted molar refractivity (Wildman–Crippen MR) is 177 cm³/mol.